The second-order valence-electron chi connectivity index (χ2n) is 5.59. The van der Waals surface area contributed by atoms with E-state index in [2.05, 4.69) is 58.7 Å². The highest BCUT2D eigenvalue weighted by molar-refractivity contribution is 14.0. The highest BCUT2D eigenvalue weighted by Gasteiger charge is 2.08. The molecule has 0 aliphatic heterocycles. The fourth-order valence-electron chi connectivity index (χ4n) is 2.25. The van der Waals surface area contributed by atoms with Gasteiger partial charge >= 0.3 is 0 Å². The van der Waals surface area contributed by atoms with Crippen molar-refractivity contribution in [3.63, 3.8) is 0 Å². The van der Waals surface area contributed by atoms with E-state index >= 15 is 0 Å². The lowest BCUT2D eigenvalue weighted by Crippen LogP contribution is -2.37. The van der Waals surface area contributed by atoms with E-state index in [-0.39, 0.29) is 24.0 Å². The Kier molecular flexibility index (Phi) is 10.1. The highest BCUT2D eigenvalue weighted by atomic mass is 127. The molecule has 1 aromatic carbocycles. The number of aromatic nitrogens is 2. The van der Waals surface area contributed by atoms with E-state index in [1.807, 2.05) is 12.1 Å². The van der Waals surface area contributed by atoms with Crippen LogP contribution in [0, 0.1) is 0 Å². The minimum atomic E-state index is 0. The molecule has 0 aliphatic rings. The number of benzene rings is 1. The molecule has 0 saturated heterocycles. The Hall–Kier alpha value is -1.64. The van der Waals surface area contributed by atoms with Gasteiger partial charge in [-0.05, 0) is 37.5 Å². The second kappa shape index (κ2) is 11.8. The van der Waals surface area contributed by atoms with Crippen LogP contribution in [0.4, 0.5) is 0 Å². The molecule has 0 atom stereocenters. The average Bonchev–Trinajstić information content (AvgIpc) is 3.07. The summed E-state index contributed by atoms with van der Waals surface area (Å²) in [6, 6.07) is 8.09. The number of nitrogens with one attached hydrogen (secondary N) is 2. The quantitative estimate of drug-likeness (QED) is 0.359. The number of halogens is 1. The molecule has 7 heteroatoms. The molecule has 0 fully saturated rings. The summed E-state index contributed by atoms with van der Waals surface area (Å²) in [7, 11) is 0. The molecule has 0 amide bonds. The van der Waals surface area contributed by atoms with E-state index in [1.165, 1.54) is 0 Å². The monoisotopic (exact) mass is 457 g/mol. The first-order valence-electron chi connectivity index (χ1n) is 8.70. The van der Waals surface area contributed by atoms with Gasteiger partial charge < -0.3 is 15.2 Å². The van der Waals surface area contributed by atoms with Crippen LogP contribution < -0.4 is 10.6 Å². The molecular formula is C18H28IN5O. The minimum Gasteiger partial charge on any atom is -0.357 e. The van der Waals surface area contributed by atoms with E-state index in [4.69, 9.17) is 4.52 Å². The third-order valence-corrected chi connectivity index (χ3v) is 3.42. The van der Waals surface area contributed by atoms with Crippen LogP contribution in [-0.2, 0) is 13.0 Å². The van der Waals surface area contributed by atoms with E-state index in [9.17, 15) is 0 Å². The molecule has 2 aromatic rings. The van der Waals surface area contributed by atoms with Crippen molar-refractivity contribution in [2.45, 2.75) is 46.6 Å². The van der Waals surface area contributed by atoms with Crippen molar-refractivity contribution >= 4 is 29.9 Å². The maximum Gasteiger partial charge on any atom is 0.257 e. The standard InChI is InChI=1S/C18H27N5O.HI/c1-4-8-16-22-17(24-23-16)15-10-7-9-14(12-15)13-21-18(19-6-3)20-11-5-2;/h7,9-10,12H,4-6,8,11,13H2,1-3H3,(H2,19,20,21);1H. The maximum atomic E-state index is 5.35. The lowest BCUT2D eigenvalue weighted by Gasteiger charge is -2.10. The van der Waals surface area contributed by atoms with Crippen LogP contribution in [0.5, 0.6) is 0 Å². The van der Waals surface area contributed by atoms with Crippen molar-refractivity contribution in [1.29, 1.82) is 0 Å². The third-order valence-electron chi connectivity index (χ3n) is 3.42. The number of aryl methyl sites for hydroxylation is 1. The number of rotatable bonds is 8. The Morgan fingerprint density at radius 1 is 1.16 bits per heavy atom. The van der Waals surface area contributed by atoms with Crippen molar-refractivity contribution in [3.8, 4) is 11.5 Å². The lowest BCUT2D eigenvalue weighted by molar-refractivity contribution is 0.422. The van der Waals surface area contributed by atoms with Crippen molar-refractivity contribution in [1.82, 2.24) is 20.8 Å². The number of hydrogen-bond donors (Lipinski definition) is 2. The summed E-state index contributed by atoms with van der Waals surface area (Å²) in [6.45, 7) is 8.66. The van der Waals surface area contributed by atoms with Crippen molar-refractivity contribution < 1.29 is 4.52 Å². The molecule has 138 valence electrons. The van der Waals surface area contributed by atoms with Crippen LogP contribution in [0.25, 0.3) is 11.5 Å². The molecule has 2 N–H and O–H groups in total. The SMILES string of the molecule is CCCNC(=NCc1cccc(-c2nc(CCC)no2)c1)NCC.I. The van der Waals surface area contributed by atoms with E-state index in [0.29, 0.717) is 12.4 Å². The molecule has 0 unspecified atom stereocenters. The fourth-order valence-corrected chi connectivity index (χ4v) is 2.25. The topological polar surface area (TPSA) is 75.3 Å². The van der Waals surface area contributed by atoms with E-state index in [1.54, 1.807) is 0 Å². The third kappa shape index (κ3) is 7.01. The summed E-state index contributed by atoms with van der Waals surface area (Å²) < 4.78 is 5.35. The highest BCUT2D eigenvalue weighted by Crippen LogP contribution is 2.19. The Morgan fingerprint density at radius 3 is 2.72 bits per heavy atom. The van der Waals surface area contributed by atoms with Crippen molar-refractivity contribution in [2.75, 3.05) is 13.1 Å². The Morgan fingerprint density at radius 2 is 2.00 bits per heavy atom. The molecule has 0 spiro atoms. The van der Waals surface area contributed by atoms with Gasteiger partial charge in [-0.25, -0.2) is 4.99 Å². The summed E-state index contributed by atoms with van der Waals surface area (Å²) in [5.41, 5.74) is 2.04. The first kappa shape index (κ1) is 21.4. The largest absolute Gasteiger partial charge is 0.357 e. The maximum absolute atomic E-state index is 5.35. The zero-order valence-corrected chi connectivity index (χ0v) is 17.5. The summed E-state index contributed by atoms with van der Waals surface area (Å²) in [6.07, 6.45) is 2.91. The molecule has 25 heavy (non-hydrogen) atoms. The number of guanidine groups is 1. The summed E-state index contributed by atoms with van der Waals surface area (Å²) in [4.78, 5) is 9.06. The van der Waals surface area contributed by atoms with Gasteiger partial charge in [0, 0.05) is 25.1 Å². The summed E-state index contributed by atoms with van der Waals surface area (Å²) in [5.74, 6) is 2.17. The van der Waals surface area contributed by atoms with Crippen LogP contribution in [0.1, 0.15) is 45.0 Å². The molecule has 1 aromatic heterocycles. The number of nitrogens with zero attached hydrogens (tertiary/aromatic N) is 3. The fraction of sp³-hybridized carbons (Fsp3) is 0.500. The van der Waals surface area contributed by atoms with Gasteiger partial charge in [-0.15, -0.1) is 24.0 Å². The summed E-state index contributed by atoms with van der Waals surface area (Å²) >= 11 is 0. The van der Waals surface area contributed by atoms with Crippen LogP contribution in [0.3, 0.4) is 0 Å². The van der Waals surface area contributed by atoms with Crippen LogP contribution in [0.15, 0.2) is 33.8 Å². The Balaban J connectivity index is 0.00000312. The van der Waals surface area contributed by atoms with Crippen LogP contribution >= 0.6 is 24.0 Å². The number of aliphatic imine (C=N–C) groups is 1. The van der Waals surface area contributed by atoms with Gasteiger partial charge in [0.2, 0.25) is 0 Å². The predicted molar refractivity (Wildman–Crippen MR) is 112 cm³/mol. The zero-order chi connectivity index (χ0) is 17.2. The Bertz CT molecular complexity index is 656. The Labute approximate surface area is 166 Å². The lowest BCUT2D eigenvalue weighted by atomic mass is 10.1. The van der Waals surface area contributed by atoms with Crippen LogP contribution in [-0.4, -0.2) is 29.2 Å². The van der Waals surface area contributed by atoms with Gasteiger partial charge in [0.25, 0.3) is 5.89 Å². The van der Waals surface area contributed by atoms with Crippen molar-refractivity contribution in [2.24, 2.45) is 4.99 Å². The van der Waals surface area contributed by atoms with Gasteiger partial charge in [0.05, 0.1) is 6.54 Å². The molecule has 2 rings (SSSR count). The molecular weight excluding hydrogens is 429 g/mol. The van der Waals surface area contributed by atoms with E-state index in [0.717, 1.165) is 55.3 Å². The van der Waals surface area contributed by atoms with Gasteiger partial charge in [-0.3, -0.25) is 0 Å². The van der Waals surface area contributed by atoms with Gasteiger partial charge in [0.15, 0.2) is 11.8 Å². The van der Waals surface area contributed by atoms with Gasteiger partial charge in [-0.2, -0.15) is 4.98 Å². The van der Waals surface area contributed by atoms with Crippen molar-refractivity contribution in [3.05, 3.63) is 35.7 Å². The average molecular weight is 457 g/mol. The second-order valence-corrected chi connectivity index (χ2v) is 5.59. The predicted octanol–water partition coefficient (Wildman–Crippen LogP) is 3.77. The molecule has 0 radical (unpaired) electrons. The zero-order valence-electron chi connectivity index (χ0n) is 15.2. The molecule has 1 heterocycles. The summed E-state index contributed by atoms with van der Waals surface area (Å²) in [5, 5.41) is 10.6. The number of hydrogen-bond acceptors (Lipinski definition) is 4. The smallest absolute Gasteiger partial charge is 0.257 e. The first-order valence-corrected chi connectivity index (χ1v) is 8.70. The molecule has 0 bridgehead atoms. The molecule has 6 nitrogen and oxygen atoms in total. The molecule has 0 aliphatic carbocycles. The van der Waals surface area contributed by atoms with E-state index < -0.39 is 0 Å². The minimum absolute atomic E-state index is 0. The van der Waals surface area contributed by atoms with Crippen LogP contribution in [0.2, 0.25) is 0 Å². The van der Waals surface area contributed by atoms with Gasteiger partial charge in [-0.1, -0.05) is 31.1 Å². The normalized spacial score (nSPS) is 11.1. The molecule has 0 saturated carbocycles. The first-order chi connectivity index (χ1) is 11.8. The van der Waals surface area contributed by atoms with Gasteiger partial charge in [0.1, 0.15) is 0 Å².